The van der Waals surface area contributed by atoms with Crippen LogP contribution in [-0.4, -0.2) is 30.0 Å². The van der Waals surface area contributed by atoms with Gasteiger partial charge in [-0.15, -0.1) is 0 Å². The number of halogens is 3. The number of likely N-dealkylation sites (tertiary alicyclic amines) is 1. The van der Waals surface area contributed by atoms with E-state index >= 15 is 0 Å². The zero-order valence-corrected chi connectivity index (χ0v) is 15.1. The van der Waals surface area contributed by atoms with Crippen LogP contribution in [0.3, 0.4) is 0 Å². The molecule has 3 rings (SSSR count). The largest absolute Gasteiger partial charge is 0.372 e. The zero-order chi connectivity index (χ0) is 17.8. The minimum Gasteiger partial charge on any atom is -0.372 e. The van der Waals surface area contributed by atoms with Crippen LogP contribution in [0.2, 0.25) is 0 Å². The molecule has 1 aliphatic rings. The highest BCUT2D eigenvalue weighted by molar-refractivity contribution is 9.10. The fourth-order valence-electron chi connectivity index (χ4n) is 2.90. The van der Waals surface area contributed by atoms with Crippen LogP contribution in [0.5, 0.6) is 0 Å². The van der Waals surface area contributed by atoms with Crippen molar-refractivity contribution in [2.45, 2.75) is 25.6 Å². The average molecular weight is 410 g/mol. The number of ether oxygens (including phenoxy) is 1. The van der Waals surface area contributed by atoms with Gasteiger partial charge >= 0.3 is 0 Å². The summed E-state index contributed by atoms with van der Waals surface area (Å²) >= 11 is 3.35. The second-order valence-electron chi connectivity index (χ2n) is 6.07. The van der Waals surface area contributed by atoms with Crippen LogP contribution in [0.25, 0.3) is 0 Å². The number of carbonyl (C=O) groups is 1. The maximum atomic E-state index is 13.7. The third-order valence-corrected chi connectivity index (χ3v) is 4.77. The van der Waals surface area contributed by atoms with Crippen molar-refractivity contribution in [1.29, 1.82) is 0 Å². The lowest BCUT2D eigenvalue weighted by Gasteiger charge is -2.32. The van der Waals surface area contributed by atoms with E-state index in [1.807, 2.05) is 12.1 Å². The van der Waals surface area contributed by atoms with Crippen molar-refractivity contribution >= 4 is 21.8 Å². The summed E-state index contributed by atoms with van der Waals surface area (Å²) < 4.78 is 33.5. The highest BCUT2D eigenvalue weighted by Crippen LogP contribution is 2.20. The number of carbonyl (C=O) groups excluding carboxylic acids is 1. The molecular formula is C19H18BrF2NO2. The molecule has 1 atom stereocenters. The lowest BCUT2D eigenvalue weighted by atomic mass is 10.1. The third-order valence-electron chi connectivity index (χ3n) is 4.24. The molecule has 132 valence electrons. The van der Waals surface area contributed by atoms with E-state index in [2.05, 4.69) is 15.9 Å². The van der Waals surface area contributed by atoms with Gasteiger partial charge in [-0.2, -0.15) is 0 Å². The number of rotatable bonds is 4. The minimum absolute atomic E-state index is 0.00538. The average Bonchev–Trinajstić information content (AvgIpc) is 2.63. The van der Waals surface area contributed by atoms with Crippen LogP contribution in [-0.2, 0) is 11.3 Å². The quantitative estimate of drug-likeness (QED) is 0.741. The van der Waals surface area contributed by atoms with Gasteiger partial charge in [0, 0.05) is 28.7 Å². The summed E-state index contributed by atoms with van der Waals surface area (Å²) in [5, 5.41) is 0. The number of nitrogens with zero attached hydrogens (tertiary/aromatic N) is 1. The van der Waals surface area contributed by atoms with Crippen LogP contribution < -0.4 is 0 Å². The Labute approximate surface area is 153 Å². The summed E-state index contributed by atoms with van der Waals surface area (Å²) in [5.74, 6) is -1.02. The Balaban J connectivity index is 1.60. The molecule has 0 aromatic heterocycles. The Morgan fingerprint density at radius 1 is 1.20 bits per heavy atom. The van der Waals surface area contributed by atoms with Gasteiger partial charge in [0.1, 0.15) is 11.6 Å². The third kappa shape index (κ3) is 4.64. The molecule has 3 nitrogen and oxygen atoms in total. The maximum Gasteiger partial charge on any atom is 0.253 e. The van der Waals surface area contributed by atoms with E-state index in [1.54, 1.807) is 17.0 Å². The van der Waals surface area contributed by atoms with Crippen molar-refractivity contribution in [2.75, 3.05) is 13.1 Å². The summed E-state index contributed by atoms with van der Waals surface area (Å²) in [4.78, 5) is 14.3. The molecule has 0 saturated carbocycles. The summed E-state index contributed by atoms with van der Waals surface area (Å²) in [6.45, 7) is 1.11. The highest BCUT2D eigenvalue weighted by Gasteiger charge is 2.25. The summed E-state index contributed by atoms with van der Waals surface area (Å²) in [7, 11) is 0. The van der Waals surface area contributed by atoms with Gasteiger partial charge in [0.15, 0.2) is 0 Å². The molecule has 1 heterocycles. The van der Waals surface area contributed by atoms with Crippen molar-refractivity contribution in [3.8, 4) is 0 Å². The molecular weight excluding hydrogens is 392 g/mol. The fourth-order valence-corrected chi connectivity index (χ4v) is 3.16. The number of amides is 1. The first-order chi connectivity index (χ1) is 12.0. The highest BCUT2D eigenvalue weighted by atomic mass is 79.9. The molecule has 1 unspecified atom stereocenters. The van der Waals surface area contributed by atoms with Gasteiger partial charge in [-0.1, -0.05) is 15.9 Å². The van der Waals surface area contributed by atoms with Crippen molar-refractivity contribution in [3.05, 3.63) is 69.7 Å². The molecule has 2 aromatic rings. The normalized spacial score (nSPS) is 17.6. The second-order valence-corrected chi connectivity index (χ2v) is 6.98. The number of benzene rings is 2. The van der Waals surface area contributed by atoms with Gasteiger partial charge < -0.3 is 9.64 Å². The predicted molar refractivity (Wildman–Crippen MR) is 94.2 cm³/mol. The van der Waals surface area contributed by atoms with E-state index < -0.39 is 11.6 Å². The maximum absolute atomic E-state index is 13.7. The first kappa shape index (κ1) is 18.0. The Kier molecular flexibility index (Phi) is 5.81. The van der Waals surface area contributed by atoms with Crippen LogP contribution in [0, 0.1) is 11.6 Å². The molecule has 1 fully saturated rings. The molecule has 0 radical (unpaired) electrons. The Hall–Kier alpha value is -1.79. The molecule has 0 aliphatic carbocycles. The van der Waals surface area contributed by atoms with E-state index in [9.17, 15) is 13.6 Å². The molecule has 1 aliphatic heterocycles. The van der Waals surface area contributed by atoms with Crippen molar-refractivity contribution in [2.24, 2.45) is 0 Å². The SMILES string of the molecule is O=C(c1ccc(Br)cc1)N1CCCC(OCc2cc(F)ccc2F)C1. The molecule has 1 saturated heterocycles. The van der Waals surface area contributed by atoms with Gasteiger partial charge in [0.2, 0.25) is 0 Å². The Bertz CT molecular complexity index is 752. The van der Waals surface area contributed by atoms with E-state index in [0.717, 1.165) is 35.5 Å². The summed E-state index contributed by atoms with van der Waals surface area (Å²) in [6, 6.07) is 10.5. The number of hydrogen-bond acceptors (Lipinski definition) is 2. The standard InChI is InChI=1S/C19H18BrF2NO2/c20-15-5-3-13(4-6-15)19(24)23-9-1-2-17(11-23)25-12-14-10-16(21)7-8-18(14)22/h3-8,10,17H,1-2,9,11-12H2. The zero-order valence-electron chi connectivity index (χ0n) is 13.6. The predicted octanol–water partition coefficient (Wildman–Crippen LogP) is 4.55. The van der Waals surface area contributed by atoms with E-state index in [4.69, 9.17) is 4.74 Å². The van der Waals surface area contributed by atoms with Crippen LogP contribution in [0.4, 0.5) is 8.78 Å². The van der Waals surface area contributed by atoms with Crippen LogP contribution >= 0.6 is 15.9 Å². The van der Waals surface area contributed by atoms with Gasteiger partial charge in [-0.25, -0.2) is 8.78 Å². The van der Waals surface area contributed by atoms with E-state index in [-0.39, 0.29) is 24.2 Å². The fraction of sp³-hybridized carbons (Fsp3) is 0.316. The Morgan fingerprint density at radius 3 is 2.72 bits per heavy atom. The van der Waals surface area contributed by atoms with Gasteiger partial charge in [-0.05, 0) is 55.3 Å². The van der Waals surface area contributed by atoms with Crippen molar-refractivity contribution in [3.63, 3.8) is 0 Å². The molecule has 6 heteroatoms. The molecule has 0 spiro atoms. The minimum atomic E-state index is -0.490. The molecule has 0 bridgehead atoms. The first-order valence-corrected chi connectivity index (χ1v) is 8.92. The smallest absolute Gasteiger partial charge is 0.253 e. The molecule has 0 N–H and O–H groups in total. The first-order valence-electron chi connectivity index (χ1n) is 8.13. The van der Waals surface area contributed by atoms with Gasteiger partial charge in [0.05, 0.1) is 12.7 Å². The van der Waals surface area contributed by atoms with E-state index in [1.165, 1.54) is 0 Å². The van der Waals surface area contributed by atoms with Gasteiger partial charge in [-0.3, -0.25) is 4.79 Å². The van der Waals surface area contributed by atoms with Crippen molar-refractivity contribution < 1.29 is 18.3 Å². The molecule has 2 aromatic carbocycles. The lowest BCUT2D eigenvalue weighted by molar-refractivity contribution is -0.00769. The second kappa shape index (κ2) is 8.06. The molecule has 1 amide bonds. The Morgan fingerprint density at radius 2 is 1.96 bits per heavy atom. The monoisotopic (exact) mass is 409 g/mol. The van der Waals surface area contributed by atoms with Crippen LogP contribution in [0.15, 0.2) is 46.9 Å². The molecule has 25 heavy (non-hydrogen) atoms. The summed E-state index contributed by atoms with van der Waals surface area (Å²) in [5.41, 5.74) is 0.816. The van der Waals surface area contributed by atoms with Crippen molar-refractivity contribution in [1.82, 2.24) is 4.90 Å². The number of hydrogen-bond donors (Lipinski definition) is 0. The van der Waals surface area contributed by atoms with E-state index in [0.29, 0.717) is 18.7 Å². The van der Waals surface area contributed by atoms with Crippen LogP contribution in [0.1, 0.15) is 28.8 Å². The summed E-state index contributed by atoms with van der Waals surface area (Å²) in [6.07, 6.45) is 1.43. The topological polar surface area (TPSA) is 29.5 Å². The van der Waals surface area contributed by atoms with Gasteiger partial charge in [0.25, 0.3) is 5.91 Å². The lowest BCUT2D eigenvalue weighted by Crippen LogP contribution is -2.43. The number of piperidine rings is 1.